The molecule has 0 aliphatic heterocycles. The summed E-state index contributed by atoms with van der Waals surface area (Å²) in [5, 5.41) is 0. The van der Waals surface area contributed by atoms with E-state index in [1.807, 2.05) is 12.1 Å². The monoisotopic (exact) mass is 278 g/mol. The van der Waals surface area contributed by atoms with E-state index in [-0.39, 0.29) is 17.4 Å². The van der Waals surface area contributed by atoms with Crippen molar-refractivity contribution in [3.05, 3.63) is 35.1 Å². The van der Waals surface area contributed by atoms with Gasteiger partial charge in [-0.25, -0.2) is 4.39 Å². The van der Waals surface area contributed by atoms with Crippen LogP contribution in [0.25, 0.3) is 0 Å². The number of nitrogens with two attached hydrogens (primary N) is 1. The number of nitrogens with zero attached hydrogens (tertiary/aromatic N) is 1. The van der Waals surface area contributed by atoms with Crippen molar-refractivity contribution in [2.45, 2.75) is 57.0 Å². The predicted octanol–water partition coefficient (Wildman–Crippen LogP) is 3.79. The smallest absolute Gasteiger partial charge is 0.126 e. The highest BCUT2D eigenvalue weighted by Gasteiger charge is 2.39. The van der Waals surface area contributed by atoms with E-state index < -0.39 is 0 Å². The third-order valence-electron chi connectivity index (χ3n) is 4.98. The van der Waals surface area contributed by atoms with Crippen molar-refractivity contribution in [2.75, 3.05) is 14.1 Å². The minimum absolute atomic E-state index is 0.000763. The van der Waals surface area contributed by atoms with Gasteiger partial charge in [-0.15, -0.1) is 0 Å². The molecule has 3 heteroatoms. The third-order valence-corrected chi connectivity index (χ3v) is 4.98. The molecule has 1 aromatic carbocycles. The molecular formula is C17H27FN2. The molecule has 1 unspecified atom stereocenters. The molecule has 0 amide bonds. The van der Waals surface area contributed by atoms with E-state index in [0.29, 0.717) is 5.56 Å². The van der Waals surface area contributed by atoms with Gasteiger partial charge in [0.15, 0.2) is 0 Å². The highest BCUT2D eigenvalue weighted by Crippen LogP contribution is 2.40. The maximum atomic E-state index is 13.5. The Bertz CT molecular complexity index is 448. The van der Waals surface area contributed by atoms with E-state index in [1.165, 1.54) is 25.7 Å². The minimum Gasteiger partial charge on any atom is -0.322 e. The maximum Gasteiger partial charge on any atom is 0.126 e. The Morgan fingerprint density at radius 1 is 1.15 bits per heavy atom. The standard InChI is InChI=1S/C17H27FN2/c1-13-12-14(8-9-15(13)18)16(19)17(20(2)3)10-6-4-5-7-11-17/h8-9,12,16H,4-7,10-11,19H2,1-3H3. The van der Waals surface area contributed by atoms with Gasteiger partial charge >= 0.3 is 0 Å². The first kappa shape index (κ1) is 15.5. The minimum atomic E-state index is -0.152. The molecule has 1 aliphatic rings. The summed E-state index contributed by atoms with van der Waals surface area (Å²) in [5.74, 6) is -0.152. The Balaban J connectivity index is 2.34. The summed E-state index contributed by atoms with van der Waals surface area (Å²) in [6.45, 7) is 1.81. The fourth-order valence-corrected chi connectivity index (χ4v) is 3.55. The molecule has 112 valence electrons. The topological polar surface area (TPSA) is 29.3 Å². The summed E-state index contributed by atoms with van der Waals surface area (Å²) >= 11 is 0. The number of benzene rings is 1. The first-order chi connectivity index (χ1) is 9.47. The highest BCUT2D eigenvalue weighted by molar-refractivity contribution is 5.29. The van der Waals surface area contributed by atoms with Crippen LogP contribution in [0.15, 0.2) is 18.2 Å². The zero-order chi connectivity index (χ0) is 14.8. The fourth-order valence-electron chi connectivity index (χ4n) is 3.55. The number of rotatable bonds is 3. The van der Waals surface area contributed by atoms with E-state index in [0.717, 1.165) is 18.4 Å². The van der Waals surface area contributed by atoms with Crippen LogP contribution in [0.4, 0.5) is 4.39 Å². The lowest BCUT2D eigenvalue weighted by molar-refractivity contribution is 0.0968. The number of likely N-dealkylation sites (N-methyl/N-ethyl adjacent to an activating group) is 1. The van der Waals surface area contributed by atoms with Crippen LogP contribution in [-0.2, 0) is 0 Å². The van der Waals surface area contributed by atoms with Gasteiger partial charge in [0, 0.05) is 11.6 Å². The Labute approximate surface area is 122 Å². The average molecular weight is 278 g/mol. The zero-order valence-electron chi connectivity index (χ0n) is 13.0. The molecule has 0 saturated heterocycles. The maximum absolute atomic E-state index is 13.5. The zero-order valence-corrected chi connectivity index (χ0v) is 13.0. The van der Waals surface area contributed by atoms with Gasteiger partial charge in [0.1, 0.15) is 5.82 Å². The summed E-state index contributed by atoms with van der Waals surface area (Å²) in [6, 6.07) is 5.25. The lowest BCUT2D eigenvalue weighted by atomic mass is 9.78. The van der Waals surface area contributed by atoms with Crippen molar-refractivity contribution in [1.82, 2.24) is 4.90 Å². The number of aryl methyl sites for hydroxylation is 1. The van der Waals surface area contributed by atoms with Gasteiger partial charge in [0.25, 0.3) is 0 Å². The molecule has 2 N–H and O–H groups in total. The van der Waals surface area contributed by atoms with E-state index >= 15 is 0 Å². The third kappa shape index (κ3) is 2.89. The highest BCUT2D eigenvalue weighted by atomic mass is 19.1. The summed E-state index contributed by atoms with van der Waals surface area (Å²) < 4.78 is 13.5. The average Bonchev–Trinajstić information content (AvgIpc) is 2.67. The molecule has 1 fully saturated rings. The second kappa shape index (κ2) is 6.23. The molecular weight excluding hydrogens is 251 g/mol. The molecule has 0 heterocycles. The van der Waals surface area contributed by atoms with Crippen molar-refractivity contribution in [1.29, 1.82) is 0 Å². The van der Waals surface area contributed by atoms with Gasteiger partial charge in [0.05, 0.1) is 0 Å². The number of hydrogen-bond donors (Lipinski definition) is 1. The van der Waals surface area contributed by atoms with Crippen LogP contribution in [0.2, 0.25) is 0 Å². The van der Waals surface area contributed by atoms with E-state index in [2.05, 4.69) is 19.0 Å². The SMILES string of the molecule is Cc1cc(C(N)C2(N(C)C)CCCCCC2)ccc1F. The molecule has 0 radical (unpaired) electrons. The number of hydrogen-bond acceptors (Lipinski definition) is 2. The van der Waals surface area contributed by atoms with Gasteiger partial charge in [-0.1, -0.05) is 37.8 Å². The molecule has 2 nitrogen and oxygen atoms in total. The Hall–Kier alpha value is -0.930. The van der Waals surface area contributed by atoms with Crippen LogP contribution in [0, 0.1) is 12.7 Å². The normalized spacial score (nSPS) is 20.7. The molecule has 1 aromatic rings. The first-order valence-corrected chi connectivity index (χ1v) is 7.66. The van der Waals surface area contributed by atoms with E-state index in [1.54, 1.807) is 13.0 Å². The van der Waals surface area contributed by atoms with Crippen LogP contribution in [0.3, 0.4) is 0 Å². The molecule has 0 bridgehead atoms. The number of halogens is 1. The van der Waals surface area contributed by atoms with Crippen LogP contribution in [0.1, 0.15) is 55.7 Å². The predicted molar refractivity (Wildman–Crippen MR) is 82.2 cm³/mol. The van der Waals surface area contributed by atoms with E-state index in [9.17, 15) is 4.39 Å². The summed E-state index contributed by atoms with van der Waals surface area (Å²) in [5.41, 5.74) is 8.37. The van der Waals surface area contributed by atoms with Gasteiger partial charge < -0.3 is 10.6 Å². The lowest BCUT2D eigenvalue weighted by Gasteiger charge is -2.44. The van der Waals surface area contributed by atoms with Gasteiger partial charge in [-0.2, -0.15) is 0 Å². The molecule has 0 spiro atoms. The van der Waals surface area contributed by atoms with Gasteiger partial charge in [0.2, 0.25) is 0 Å². The molecule has 1 aliphatic carbocycles. The summed E-state index contributed by atoms with van der Waals surface area (Å²) in [7, 11) is 4.25. The van der Waals surface area contributed by atoms with E-state index in [4.69, 9.17) is 5.73 Å². The first-order valence-electron chi connectivity index (χ1n) is 7.66. The van der Waals surface area contributed by atoms with Crippen molar-refractivity contribution in [3.63, 3.8) is 0 Å². The van der Waals surface area contributed by atoms with Crippen LogP contribution in [0.5, 0.6) is 0 Å². The largest absolute Gasteiger partial charge is 0.322 e. The van der Waals surface area contributed by atoms with Gasteiger partial charge in [-0.05, 0) is 51.1 Å². The molecule has 1 atom stereocenters. The van der Waals surface area contributed by atoms with Crippen LogP contribution < -0.4 is 5.73 Å². The quantitative estimate of drug-likeness (QED) is 0.852. The van der Waals surface area contributed by atoms with Crippen molar-refractivity contribution in [2.24, 2.45) is 5.73 Å². The molecule has 20 heavy (non-hydrogen) atoms. The van der Waals surface area contributed by atoms with Crippen molar-refractivity contribution < 1.29 is 4.39 Å². The summed E-state index contributed by atoms with van der Waals surface area (Å²) in [6.07, 6.45) is 7.29. The second-order valence-electron chi connectivity index (χ2n) is 6.40. The Kier molecular flexibility index (Phi) is 4.82. The Morgan fingerprint density at radius 3 is 2.25 bits per heavy atom. The fraction of sp³-hybridized carbons (Fsp3) is 0.647. The molecule has 2 rings (SSSR count). The Morgan fingerprint density at radius 2 is 1.75 bits per heavy atom. The lowest BCUT2D eigenvalue weighted by Crippen LogP contribution is -2.52. The second-order valence-corrected chi connectivity index (χ2v) is 6.40. The summed E-state index contributed by atoms with van der Waals surface area (Å²) in [4.78, 5) is 2.29. The van der Waals surface area contributed by atoms with Gasteiger partial charge in [-0.3, -0.25) is 0 Å². The van der Waals surface area contributed by atoms with Crippen molar-refractivity contribution >= 4 is 0 Å². The van der Waals surface area contributed by atoms with Crippen molar-refractivity contribution in [3.8, 4) is 0 Å². The molecule has 1 saturated carbocycles. The molecule has 0 aromatic heterocycles. The van der Waals surface area contributed by atoms with Crippen LogP contribution in [-0.4, -0.2) is 24.5 Å². The van der Waals surface area contributed by atoms with Crippen LogP contribution >= 0.6 is 0 Å².